The molecule has 2 nitrogen and oxygen atoms in total. The third-order valence-corrected chi connectivity index (χ3v) is 3.40. The Bertz CT molecular complexity index is 608. The maximum absolute atomic E-state index is 12.2. The van der Waals surface area contributed by atoms with E-state index in [0.717, 1.165) is 28.6 Å². The molecular weight excluding hydrogens is 198 g/mol. The van der Waals surface area contributed by atoms with Crippen molar-refractivity contribution in [3.63, 3.8) is 0 Å². The number of fused-ring (bicyclic) bond motifs is 1. The van der Waals surface area contributed by atoms with Crippen molar-refractivity contribution in [1.29, 1.82) is 0 Å². The summed E-state index contributed by atoms with van der Waals surface area (Å²) in [7, 11) is 0. The lowest BCUT2D eigenvalue weighted by Crippen LogP contribution is -2.12. The predicted octanol–water partition coefficient (Wildman–Crippen LogP) is 3.02. The zero-order valence-corrected chi connectivity index (χ0v) is 10.3. The van der Waals surface area contributed by atoms with E-state index in [4.69, 9.17) is 0 Å². The van der Waals surface area contributed by atoms with Crippen LogP contribution in [0.4, 0.5) is 0 Å². The first-order chi connectivity index (χ1) is 7.56. The standard InChI is InChI=1S/C14H17NO/c1-5-12-10(4)14(16)11-7-6-8(2)9(3)13(11)15-12/h6-7H,5H2,1-4H3,(H,15,16). The molecule has 84 valence electrons. The fraction of sp³-hybridized carbons (Fsp3) is 0.357. The van der Waals surface area contributed by atoms with Crippen LogP contribution in [0.25, 0.3) is 10.9 Å². The van der Waals surface area contributed by atoms with Crippen LogP contribution >= 0.6 is 0 Å². The van der Waals surface area contributed by atoms with Crippen LogP contribution < -0.4 is 5.43 Å². The SMILES string of the molecule is CCc1[nH]c2c(C)c(C)ccc2c(=O)c1C. The Balaban J connectivity index is 2.99. The Kier molecular flexibility index (Phi) is 2.58. The highest BCUT2D eigenvalue weighted by molar-refractivity contribution is 5.83. The van der Waals surface area contributed by atoms with Crippen LogP contribution in [-0.2, 0) is 6.42 Å². The van der Waals surface area contributed by atoms with Gasteiger partial charge in [-0.15, -0.1) is 0 Å². The third kappa shape index (κ3) is 1.45. The molecule has 0 spiro atoms. The molecule has 0 aliphatic carbocycles. The first-order valence-corrected chi connectivity index (χ1v) is 5.68. The van der Waals surface area contributed by atoms with Gasteiger partial charge in [-0.1, -0.05) is 13.0 Å². The van der Waals surface area contributed by atoms with Crippen molar-refractivity contribution in [1.82, 2.24) is 4.98 Å². The van der Waals surface area contributed by atoms with Crippen LogP contribution in [0, 0.1) is 20.8 Å². The molecule has 0 aliphatic rings. The maximum atomic E-state index is 12.2. The second-order valence-corrected chi connectivity index (χ2v) is 4.34. The van der Waals surface area contributed by atoms with Gasteiger partial charge in [-0.2, -0.15) is 0 Å². The maximum Gasteiger partial charge on any atom is 0.192 e. The highest BCUT2D eigenvalue weighted by atomic mass is 16.1. The zero-order chi connectivity index (χ0) is 11.9. The fourth-order valence-corrected chi connectivity index (χ4v) is 2.10. The Hall–Kier alpha value is -1.57. The van der Waals surface area contributed by atoms with Gasteiger partial charge in [0.25, 0.3) is 0 Å². The second kappa shape index (κ2) is 3.78. The van der Waals surface area contributed by atoms with Gasteiger partial charge in [-0.05, 0) is 44.4 Å². The molecule has 1 N–H and O–H groups in total. The molecule has 0 radical (unpaired) electrons. The van der Waals surface area contributed by atoms with Gasteiger partial charge in [0.15, 0.2) is 5.43 Å². The minimum absolute atomic E-state index is 0.161. The van der Waals surface area contributed by atoms with Crippen LogP contribution in [0.2, 0.25) is 0 Å². The van der Waals surface area contributed by atoms with Gasteiger partial charge in [-0.25, -0.2) is 0 Å². The van der Waals surface area contributed by atoms with Gasteiger partial charge >= 0.3 is 0 Å². The fourth-order valence-electron chi connectivity index (χ4n) is 2.10. The van der Waals surface area contributed by atoms with Gasteiger partial charge in [0, 0.05) is 16.6 Å². The quantitative estimate of drug-likeness (QED) is 0.779. The second-order valence-electron chi connectivity index (χ2n) is 4.34. The summed E-state index contributed by atoms with van der Waals surface area (Å²) in [5.74, 6) is 0. The highest BCUT2D eigenvalue weighted by Crippen LogP contribution is 2.18. The molecule has 0 aliphatic heterocycles. The molecule has 1 aromatic carbocycles. The lowest BCUT2D eigenvalue weighted by Gasteiger charge is -2.10. The summed E-state index contributed by atoms with van der Waals surface area (Å²) in [5.41, 5.74) is 5.43. The predicted molar refractivity (Wildman–Crippen MR) is 68.2 cm³/mol. The first kappa shape index (κ1) is 10.9. The van der Waals surface area contributed by atoms with Crippen molar-refractivity contribution in [3.8, 4) is 0 Å². The number of pyridine rings is 1. The van der Waals surface area contributed by atoms with E-state index < -0.39 is 0 Å². The smallest absolute Gasteiger partial charge is 0.192 e. The summed E-state index contributed by atoms with van der Waals surface area (Å²) >= 11 is 0. The van der Waals surface area contributed by atoms with E-state index in [1.54, 1.807) is 0 Å². The van der Waals surface area contributed by atoms with E-state index in [2.05, 4.69) is 25.8 Å². The number of benzene rings is 1. The van der Waals surface area contributed by atoms with Crippen LogP contribution in [-0.4, -0.2) is 4.98 Å². The molecule has 0 saturated heterocycles. The Morgan fingerprint density at radius 2 is 1.81 bits per heavy atom. The zero-order valence-electron chi connectivity index (χ0n) is 10.3. The Labute approximate surface area is 95.3 Å². The molecule has 0 amide bonds. The molecule has 2 rings (SSSR count). The van der Waals surface area contributed by atoms with Crippen molar-refractivity contribution >= 4 is 10.9 Å². The van der Waals surface area contributed by atoms with Crippen molar-refractivity contribution in [2.24, 2.45) is 0 Å². The number of aromatic nitrogens is 1. The largest absolute Gasteiger partial charge is 0.358 e. The van der Waals surface area contributed by atoms with Crippen LogP contribution in [0.3, 0.4) is 0 Å². The lowest BCUT2D eigenvalue weighted by molar-refractivity contribution is 1.02. The number of nitrogens with one attached hydrogen (secondary N) is 1. The number of hydrogen-bond acceptors (Lipinski definition) is 1. The van der Waals surface area contributed by atoms with Crippen molar-refractivity contribution in [2.75, 3.05) is 0 Å². The molecule has 2 aromatic rings. The average molecular weight is 215 g/mol. The minimum Gasteiger partial charge on any atom is -0.358 e. The molecule has 1 heterocycles. The van der Waals surface area contributed by atoms with Gasteiger partial charge in [-0.3, -0.25) is 4.79 Å². The van der Waals surface area contributed by atoms with Gasteiger partial charge in [0.05, 0.1) is 5.52 Å². The van der Waals surface area contributed by atoms with Crippen molar-refractivity contribution < 1.29 is 0 Å². The summed E-state index contributed by atoms with van der Waals surface area (Å²) in [6, 6.07) is 3.93. The van der Waals surface area contributed by atoms with E-state index in [1.165, 1.54) is 11.1 Å². The molecule has 0 unspecified atom stereocenters. The molecule has 16 heavy (non-hydrogen) atoms. The minimum atomic E-state index is 0.161. The summed E-state index contributed by atoms with van der Waals surface area (Å²) in [6.07, 6.45) is 0.865. The van der Waals surface area contributed by atoms with E-state index in [9.17, 15) is 4.79 Å². The van der Waals surface area contributed by atoms with Crippen molar-refractivity contribution in [2.45, 2.75) is 34.1 Å². The lowest BCUT2D eigenvalue weighted by atomic mass is 10.0. The molecule has 0 fully saturated rings. The number of aryl methyl sites for hydroxylation is 3. The molecule has 0 bridgehead atoms. The van der Waals surface area contributed by atoms with E-state index >= 15 is 0 Å². The van der Waals surface area contributed by atoms with E-state index in [1.807, 2.05) is 19.1 Å². The number of rotatable bonds is 1. The van der Waals surface area contributed by atoms with Crippen LogP contribution in [0.5, 0.6) is 0 Å². The monoisotopic (exact) mass is 215 g/mol. The topological polar surface area (TPSA) is 32.9 Å². The van der Waals surface area contributed by atoms with Crippen LogP contribution in [0.1, 0.15) is 29.3 Å². The summed E-state index contributed by atoms with van der Waals surface area (Å²) in [5, 5.41) is 0.804. The summed E-state index contributed by atoms with van der Waals surface area (Å²) in [4.78, 5) is 15.5. The summed E-state index contributed by atoms with van der Waals surface area (Å²) in [6.45, 7) is 8.09. The van der Waals surface area contributed by atoms with E-state index in [-0.39, 0.29) is 5.43 Å². The normalized spacial score (nSPS) is 11.0. The molecule has 0 atom stereocenters. The van der Waals surface area contributed by atoms with Gasteiger partial charge < -0.3 is 4.98 Å². The average Bonchev–Trinajstić information content (AvgIpc) is 2.28. The Morgan fingerprint density at radius 1 is 1.12 bits per heavy atom. The third-order valence-electron chi connectivity index (χ3n) is 3.40. The Morgan fingerprint density at radius 3 is 2.44 bits per heavy atom. The highest BCUT2D eigenvalue weighted by Gasteiger charge is 2.09. The van der Waals surface area contributed by atoms with Gasteiger partial charge in [0.1, 0.15) is 0 Å². The van der Waals surface area contributed by atoms with E-state index in [0.29, 0.717) is 0 Å². The van der Waals surface area contributed by atoms with Crippen molar-refractivity contribution in [3.05, 3.63) is 44.7 Å². The molecular formula is C14H17NO. The molecule has 1 aromatic heterocycles. The molecule has 0 saturated carbocycles. The molecule has 2 heteroatoms. The summed E-state index contributed by atoms with van der Waals surface area (Å²) < 4.78 is 0. The van der Waals surface area contributed by atoms with Crippen LogP contribution in [0.15, 0.2) is 16.9 Å². The van der Waals surface area contributed by atoms with Gasteiger partial charge in [0.2, 0.25) is 0 Å². The number of hydrogen-bond donors (Lipinski definition) is 1. The first-order valence-electron chi connectivity index (χ1n) is 5.68. The number of H-pyrrole nitrogens is 1. The number of aromatic amines is 1.